The highest BCUT2D eigenvalue weighted by Gasteiger charge is 2.27. The quantitative estimate of drug-likeness (QED) is 0.893. The summed E-state index contributed by atoms with van der Waals surface area (Å²) in [5, 5.41) is 17.3. The first-order chi connectivity index (χ1) is 10.8. The third-order valence-electron chi connectivity index (χ3n) is 5.13. The zero-order valence-electron chi connectivity index (χ0n) is 15.0. The van der Waals surface area contributed by atoms with Crippen molar-refractivity contribution in [3.8, 4) is 0 Å². The summed E-state index contributed by atoms with van der Waals surface area (Å²) in [7, 11) is 1.93. The molecule has 1 fully saturated rings. The second-order valence-corrected chi connectivity index (χ2v) is 6.68. The van der Waals surface area contributed by atoms with E-state index in [-0.39, 0.29) is 18.2 Å². The van der Waals surface area contributed by atoms with E-state index in [0.29, 0.717) is 19.0 Å². The van der Waals surface area contributed by atoms with Crippen LogP contribution in [0.3, 0.4) is 0 Å². The first-order valence-corrected chi connectivity index (χ1v) is 8.58. The Hall–Kier alpha value is -1.56. The lowest BCUT2D eigenvalue weighted by Gasteiger charge is -2.34. The van der Waals surface area contributed by atoms with E-state index in [0.717, 1.165) is 36.2 Å². The predicted molar refractivity (Wildman–Crippen MR) is 90.2 cm³/mol. The van der Waals surface area contributed by atoms with Crippen LogP contribution in [0.4, 0.5) is 4.79 Å². The average molecular weight is 322 g/mol. The molecule has 0 spiro atoms. The summed E-state index contributed by atoms with van der Waals surface area (Å²) in [4.78, 5) is 14.4. The molecule has 2 heterocycles. The van der Waals surface area contributed by atoms with Crippen LogP contribution in [0.2, 0.25) is 0 Å². The van der Waals surface area contributed by atoms with Crippen LogP contribution in [0.1, 0.15) is 56.1 Å². The van der Waals surface area contributed by atoms with Crippen molar-refractivity contribution in [1.29, 1.82) is 0 Å². The number of carbonyl (C=O) groups excluding carboxylic acids is 1. The third kappa shape index (κ3) is 3.86. The van der Waals surface area contributed by atoms with Gasteiger partial charge in [-0.05, 0) is 46.0 Å². The van der Waals surface area contributed by atoms with E-state index in [2.05, 4.69) is 17.3 Å². The fraction of sp³-hybridized carbons (Fsp3) is 0.765. The predicted octanol–water partition coefficient (Wildman–Crippen LogP) is 2.29. The molecule has 1 aliphatic rings. The minimum absolute atomic E-state index is 0.00862. The van der Waals surface area contributed by atoms with E-state index in [1.54, 1.807) is 0 Å². The van der Waals surface area contributed by atoms with Gasteiger partial charge in [0.25, 0.3) is 0 Å². The summed E-state index contributed by atoms with van der Waals surface area (Å²) < 4.78 is 1.87. The monoisotopic (exact) mass is 322 g/mol. The summed E-state index contributed by atoms with van der Waals surface area (Å²) >= 11 is 0. The molecule has 0 aromatic carbocycles. The van der Waals surface area contributed by atoms with Gasteiger partial charge in [-0.15, -0.1) is 0 Å². The number of aliphatic hydroxyl groups excluding tert-OH is 1. The number of carbonyl (C=O) groups is 1. The van der Waals surface area contributed by atoms with E-state index in [9.17, 15) is 9.90 Å². The van der Waals surface area contributed by atoms with Crippen molar-refractivity contribution in [2.75, 3.05) is 13.1 Å². The van der Waals surface area contributed by atoms with E-state index in [4.69, 9.17) is 0 Å². The molecule has 2 unspecified atom stereocenters. The number of hydrogen-bond donors (Lipinski definition) is 2. The van der Waals surface area contributed by atoms with Crippen molar-refractivity contribution in [3.63, 3.8) is 0 Å². The first kappa shape index (κ1) is 17.8. The minimum atomic E-state index is -0.288. The van der Waals surface area contributed by atoms with Crippen LogP contribution in [0.15, 0.2) is 0 Å². The molecule has 0 saturated carbocycles. The zero-order valence-corrected chi connectivity index (χ0v) is 15.0. The Kier molecular flexibility index (Phi) is 5.68. The van der Waals surface area contributed by atoms with Crippen molar-refractivity contribution in [3.05, 3.63) is 17.0 Å². The van der Waals surface area contributed by atoms with Gasteiger partial charge in [-0.1, -0.05) is 6.92 Å². The van der Waals surface area contributed by atoms with Gasteiger partial charge in [0.1, 0.15) is 0 Å². The number of nitrogens with one attached hydrogen (secondary N) is 1. The molecule has 6 heteroatoms. The van der Waals surface area contributed by atoms with Crippen LogP contribution < -0.4 is 5.32 Å². The van der Waals surface area contributed by atoms with Crippen LogP contribution >= 0.6 is 0 Å². The molecule has 23 heavy (non-hydrogen) atoms. The van der Waals surface area contributed by atoms with Crippen molar-refractivity contribution >= 4 is 6.03 Å². The summed E-state index contributed by atoms with van der Waals surface area (Å²) in [5.41, 5.74) is 3.20. The second kappa shape index (κ2) is 7.34. The lowest BCUT2D eigenvalue weighted by Crippen LogP contribution is -2.46. The Morgan fingerprint density at radius 3 is 2.43 bits per heavy atom. The number of amides is 2. The highest BCUT2D eigenvalue weighted by molar-refractivity contribution is 5.75. The Balaban J connectivity index is 2.01. The molecule has 0 bridgehead atoms. The molecule has 1 saturated heterocycles. The van der Waals surface area contributed by atoms with Crippen LogP contribution in [-0.2, 0) is 7.05 Å². The number of likely N-dealkylation sites (tertiary alicyclic amines) is 1. The highest BCUT2D eigenvalue weighted by Crippen LogP contribution is 2.25. The number of hydrogen-bond acceptors (Lipinski definition) is 3. The number of piperidine rings is 1. The Bertz CT molecular complexity index is 545. The van der Waals surface area contributed by atoms with Gasteiger partial charge >= 0.3 is 6.03 Å². The average Bonchev–Trinajstić information content (AvgIpc) is 2.78. The third-order valence-corrected chi connectivity index (χ3v) is 5.13. The number of aliphatic hydroxyl groups is 1. The van der Waals surface area contributed by atoms with Gasteiger partial charge in [0.15, 0.2) is 0 Å². The molecule has 0 aliphatic carbocycles. The van der Waals surface area contributed by atoms with Gasteiger partial charge in [-0.25, -0.2) is 4.79 Å². The topological polar surface area (TPSA) is 70.4 Å². The fourth-order valence-corrected chi connectivity index (χ4v) is 3.50. The number of urea groups is 1. The lowest BCUT2D eigenvalue weighted by atomic mass is 9.92. The largest absolute Gasteiger partial charge is 0.393 e. The molecule has 2 atom stereocenters. The highest BCUT2D eigenvalue weighted by atomic mass is 16.3. The molecule has 1 aromatic rings. The van der Waals surface area contributed by atoms with Crippen molar-refractivity contribution in [1.82, 2.24) is 20.0 Å². The minimum Gasteiger partial charge on any atom is -0.393 e. The molecule has 130 valence electrons. The molecule has 2 amide bonds. The molecular weight excluding hydrogens is 292 g/mol. The second-order valence-electron chi connectivity index (χ2n) is 6.68. The number of rotatable bonds is 4. The van der Waals surface area contributed by atoms with Crippen molar-refractivity contribution < 1.29 is 9.90 Å². The number of aryl methyl sites for hydroxylation is 2. The van der Waals surface area contributed by atoms with Gasteiger partial charge < -0.3 is 15.3 Å². The Morgan fingerprint density at radius 2 is 2.00 bits per heavy atom. The van der Waals surface area contributed by atoms with Gasteiger partial charge in [0.2, 0.25) is 0 Å². The smallest absolute Gasteiger partial charge is 0.317 e. The summed E-state index contributed by atoms with van der Waals surface area (Å²) in [6.45, 7) is 9.37. The van der Waals surface area contributed by atoms with Gasteiger partial charge in [-0.2, -0.15) is 5.10 Å². The number of nitrogens with zero attached hydrogens (tertiary/aromatic N) is 3. The lowest BCUT2D eigenvalue weighted by molar-refractivity contribution is 0.0792. The summed E-state index contributed by atoms with van der Waals surface area (Å²) in [6, 6.07) is -0.0192. The summed E-state index contributed by atoms with van der Waals surface area (Å²) in [5.74, 6) is 0.309. The zero-order chi connectivity index (χ0) is 17.1. The maximum absolute atomic E-state index is 12.6. The van der Waals surface area contributed by atoms with E-state index >= 15 is 0 Å². The van der Waals surface area contributed by atoms with Crippen LogP contribution in [0, 0.1) is 19.8 Å². The Morgan fingerprint density at radius 1 is 1.39 bits per heavy atom. The Labute approximate surface area is 138 Å². The van der Waals surface area contributed by atoms with Crippen LogP contribution in [-0.4, -0.2) is 45.0 Å². The SMILES string of the molecule is CCC(NC(=O)N1CCC(C(C)O)CC1)c1c(C)nn(C)c1C. The molecule has 1 aromatic heterocycles. The van der Waals surface area contributed by atoms with Gasteiger partial charge in [0.05, 0.1) is 17.8 Å². The van der Waals surface area contributed by atoms with Gasteiger partial charge in [0, 0.05) is 31.4 Å². The van der Waals surface area contributed by atoms with Crippen molar-refractivity contribution in [2.45, 2.75) is 59.1 Å². The van der Waals surface area contributed by atoms with Crippen molar-refractivity contribution in [2.24, 2.45) is 13.0 Å². The van der Waals surface area contributed by atoms with Gasteiger partial charge in [-0.3, -0.25) is 4.68 Å². The molecule has 2 rings (SSSR count). The maximum atomic E-state index is 12.6. The molecule has 1 aliphatic heterocycles. The fourth-order valence-electron chi connectivity index (χ4n) is 3.50. The molecular formula is C17H30N4O2. The maximum Gasteiger partial charge on any atom is 0.317 e. The van der Waals surface area contributed by atoms with E-state index in [1.165, 1.54) is 0 Å². The summed E-state index contributed by atoms with van der Waals surface area (Å²) in [6.07, 6.45) is 2.28. The number of aromatic nitrogens is 2. The molecule has 2 N–H and O–H groups in total. The standard InChI is InChI=1S/C17H30N4O2/c1-6-15(16-11(2)19-20(5)12(16)3)18-17(23)21-9-7-14(8-10-21)13(4)22/h13-15,22H,6-10H2,1-5H3,(H,18,23). The molecule has 6 nitrogen and oxygen atoms in total. The van der Waals surface area contributed by atoms with Crippen LogP contribution in [0.25, 0.3) is 0 Å². The van der Waals surface area contributed by atoms with E-state index < -0.39 is 0 Å². The van der Waals surface area contributed by atoms with E-state index in [1.807, 2.05) is 37.4 Å². The van der Waals surface area contributed by atoms with Crippen LogP contribution in [0.5, 0.6) is 0 Å². The molecule has 0 radical (unpaired) electrons. The first-order valence-electron chi connectivity index (χ1n) is 8.58. The normalized spacial score (nSPS) is 18.8.